The highest BCUT2D eigenvalue weighted by Gasteiger charge is 2.36. The van der Waals surface area contributed by atoms with E-state index in [2.05, 4.69) is 10.1 Å². The molecule has 0 aromatic carbocycles. The molecule has 2 atom stereocenters. The van der Waals surface area contributed by atoms with Gasteiger partial charge in [0.2, 0.25) is 0 Å². The number of carbonyl (C=O) groups is 1. The minimum atomic E-state index is -0.804. The van der Waals surface area contributed by atoms with Crippen molar-refractivity contribution in [3.8, 4) is 0 Å². The van der Waals surface area contributed by atoms with Gasteiger partial charge in [-0.2, -0.15) is 5.10 Å². The monoisotopic (exact) mass is 254 g/mol. The van der Waals surface area contributed by atoms with E-state index in [1.165, 1.54) is 6.33 Å². The third kappa shape index (κ3) is 2.51. The summed E-state index contributed by atoms with van der Waals surface area (Å²) in [5.74, 6) is -0.426. The average Bonchev–Trinajstić information content (AvgIpc) is 2.96. The Bertz CT molecular complexity index is 420. The van der Waals surface area contributed by atoms with Gasteiger partial charge in [0, 0.05) is 12.6 Å². The number of likely N-dealkylation sites (N-methyl/N-ethyl adjacent to an activating group) is 1. The Morgan fingerprint density at radius 3 is 3.11 bits per heavy atom. The molecule has 100 valence electrons. The molecule has 1 N–H and O–H groups in total. The quantitative estimate of drug-likeness (QED) is 0.785. The summed E-state index contributed by atoms with van der Waals surface area (Å²) >= 11 is 0. The van der Waals surface area contributed by atoms with Crippen molar-refractivity contribution in [2.75, 3.05) is 20.3 Å². The van der Waals surface area contributed by atoms with E-state index in [1.54, 1.807) is 0 Å². The van der Waals surface area contributed by atoms with Crippen LogP contribution in [0.25, 0.3) is 0 Å². The molecule has 1 saturated heterocycles. The maximum atomic E-state index is 11.1. The molecule has 1 aliphatic heterocycles. The number of carboxylic acids is 1. The molecule has 1 aromatic heterocycles. The van der Waals surface area contributed by atoms with Crippen LogP contribution in [0.1, 0.15) is 12.7 Å². The van der Waals surface area contributed by atoms with Gasteiger partial charge in [0.1, 0.15) is 12.2 Å². The number of aryl methyl sites for hydroxylation is 1. The Morgan fingerprint density at radius 1 is 1.67 bits per heavy atom. The van der Waals surface area contributed by atoms with Crippen LogP contribution in [-0.2, 0) is 22.6 Å². The fourth-order valence-corrected chi connectivity index (χ4v) is 2.23. The molecule has 2 unspecified atom stereocenters. The maximum Gasteiger partial charge on any atom is 0.310 e. The molecule has 1 aliphatic rings. The van der Waals surface area contributed by atoms with Crippen LogP contribution in [0.5, 0.6) is 0 Å². The van der Waals surface area contributed by atoms with Crippen LogP contribution in [0.15, 0.2) is 6.33 Å². The predicted octanol–water partition coefficient (Wildman–Crippen LogP) is -0.171. The number of carboxylic acid groups (broad SMARTS) is 1. The summed E-state index contributed by atoms with van der Waals surface area (Å²) in [7, 11) is 1.89. The predicted molar refractivity (Wildman–Crippen MR) is 62.9 cm³/mol. The largest absolute Gasteiger partial charge is 0.481 e. The first kappa shape index (κ1) is 13.0. The molecular weight excluding hydrogens is 236 g/mol. The van der Waals surface area contributed by atoms with Crippen molar-refractivity contribution in [2.24, 2.45) is 5.92 Å². The van der Waals surface area contributed by atoms with Crippen molar-refractivity contribution in [3.05, 3.63) is 12.2 Å². The Balaban J connectivity index is 2.03. The molecule has 0 amide bonds. The zero-order chi connectivity index (χ0) is 13.1. The van der Waals surface area contributed by atoms with Crippen LogP contribution in [0.3, 0.4) is 0 Å². The van der Waals surface area contributed by atoms with Crippen molar-refractivity contribution in [1.29, 1.82) is 0 Å². The third-order valence-corrected chi connectivity index (χ3v) is 3.32. The minimum absolute atomic E-state index is 0.107. The number of aliphatic carboxylic acids is 1. The smallest absolute Gasteiger partial charge is 0.310 e. The first-order chi connectivity index (χ1) is 8.63. The zero-order valence-corrected chi connectivity index (χ0v) is 10.6. The number of hydrogen-bond acceptors (Lipinski definition) is 5. The summed E-state index contributed by atoms with van der Waals surface area (Å²) in [4.78, 5) is 17.3. The number of ether oxygens (including phenoxy) is 1. The molecule has 2 heterocycles. The second kappa shape index (κ2) is 5.45. The van der Waals surface area contributed by atoms with E-state index < -0.39 is 11.9 Å². The van der Waals surface area contributed by atoms with Crippen molar-refractivity contribution < 1.29 is 14.6 Å². The molecule has 0 saturated carbocycles. The lowest BCUT2D eigenvalue weighted by atomic mass is 10.0. The van der Waals surface area contributed by atoms with E-state index in [1.807, 2.05) is 23.6 Å². The Kier molecular flexibility index (Phi) is 3.93. The standard InChI is InChI=1S/C11H18N4O3/c1-3-15-10(12-7-13-15)4-14(2)9-6-18-5-8(9)11(16)17/h7-9H,3-6H2,1-2H3,(H,16,17). The molecule has 0 radical (unpaired) electrons. The molecule has 0 spiro atoms. The molecule has 2 rings (SSSR count). The fourth-order valence-electron chi connectivity index (χ4n) is 2.23. The van der Waals surface area contributed by atoms with Gasteiger partial charge in [-0.3, -0.25) is 9.69 Å². The van der Waals surface area contributed by atoms with E-state index in [4.69, 9.17) is 9.84 Å². The molecule has 0 aliphatic carbocycles. The first-order valence-corrected chi connectivity index (χ1v) is 6.01. The maximum absolute atomic E-state index is 11.1. The fraction of sp³-hybridized carbons (Fsp3) is 0.727. The summed E-state index contributed by atoms with van der Waals surface area (Å²) < 4.78 is 7.07. The molecule has 1 aromatic rings. The number of rotatable bonds is 5. The van der Waals surface area contributed by atoms with Gasteiger partial charge >= 0.3 is 5.97 Å². The van der Waals surface area contributed by atoms with Gasteiger partial charge in [0.05, 0.1) is 25.7 Å². The van der Waals surface area contributed by atoms with Gasteiger partial charge in [-0.25, -0.2) is 9.67 Å². The van der Waals surface area contributed by atoms with Gasteiger partial charge in [0.25, 0.3) is 0 Å². The van der Waals surface area contributed by atoms with Gasteiger partial charge < -0.3 is 9.84 Å². The number of hydrogen-bond donors (Lipinski definition) is 1. The number of aromatic nitrogens is 3. The van der Waals surface area contributed by atoms with Crippen molar-refractivity contribution in [2.45, 2.75) is 26.1 Å². The van der Waals surface area contributed by atoms with Gasteiger partial charge in [-0.15, -0.1) is 0 Å². The summed E-state index contributed by atoms with van der Waals surface area (Å²) in [6.07, 6.45) is 1.52. The van der Waals surface area contributed by atoms with Crippen LogP contribution in [0.4, 0.5) is 0 Å². The summed E-state index contributed by atoms with van der Waals surface area (Å²) in [5.41, 5.74) is 0. The van der Waals surface area contributed by atoms with E-state index >= 15 is 0 Å². The third-order valence-electron chi connectivity index (χ3n) is 3.32. The van der Waals surface area contributed by atoms with Crippen molar-refractivity contribution >= 4 is 5.97 Å². The molecule has 1 fully saturated rings. The van der Waals surface area contributed by atoms with Gasteiger partial charge in [-0.1, -0.05) is 0 Å². The highest BCUT2D eigenvalue weighted by Crippen LogP contribution is 2.20. The summed E-state index contributed by atoms with van der Waals surface area (Å²) in [6.45, 7) is 4.06. The Hall–Kier alpha value is -1.47. The Labute approximate surface area is 105 Å². The number of nitrogens with zero attached hydrogens (tertiary/aromatic N) is 4. The SMILES string of the molecule is CCn1ncnc1CN(C)C1COCC1C(=O)O. The molecule has 0 bridgehead atoms. The molecular formula is C11H18N4O3. The minimum Gasteiger partial charge on any atom is -0.481 e. The Morgan fingerprint density at radius 2 is 2.44 bits per heavy atom. The summed E-state index contributed by atoms with van der Waals surface area (Å²) in [5, 5.41) is 13.2. The van der Waals surface area contributed by atoms with Crippen LogP contribution in [-0.4, -0.2) is 57.0 Å². The average molecular weight is 254 g/mol. The lowest BCUT2D eigenvalue weighted by Gasteiger charge is -2.25. The van der Waals surface area contributed by atoms with Gasteiger partial charge in [-0.05, 0) is 14.0 Å². The zero-order valence-electron chi connectivity index (χ0n) is 10.6. The molecule has 18 heavy (non-hydrogen) atoms. The lowest BCUT2D eigenvalue weighted by molar-refractivity contribution is -0.143. The van der Waals surface area contributed by atoms with E-state index in [0.29, 0.717) is 13.2 Å². The van der Waals surface area contributed by atoms with E-state index in [9.17, 15) is 4.79 Å². The van der Waals surface area contributed by atoms with E-state index in [0.717, 1.165) is 12.4 Å². The first-order valence-electron chi connectivity index (χ1n) is 6.01. The van der Waals surface area contributed by atoms with Crippen LogP contribution >= 0.6 is 0 Å². The second-order valence-corrected chi connectivity index (χ2v) is 4.46. The molecule has 7 heteroatoms. The summed E-state index contributed by atoms with van der Waals surface area (Å²) in [6, 6.07) is -0.107. The van der Waals surface area contributed by atoms with Crippen molar-refractivity contribution in [1.82, 2.24) is 19.7 Å². The van der Waals surface area contributed by atoms with Crippen LogP contribution in [0.2, 0.25) is 0 Å². The van der Waals surface area contributed by atoms with Crippen LogP contribution < -0.4 is 0 Å². The highest BCUT2D eigenvalue weighted by molar-refractivity contribution is 5.71. The normalized spacial score (nSPS) is 23.7. The topological polar surface area (TPSA) is 80.5 Å². The van der Waals surface area contributed by atoms with Gasteiger partial charge in [0.15, 0.2) is 0 Å². The lowest BCUT2D eigenvalue weighted by Crippen LogP contribution is -2.40. The molecule has 7 nitrogen and oxygen atoms in total. The van der Waals surface area contributed by atoms with Crippen LogP contribution in [0, 0.1) is 5.92 Å². The van der Waals surface area contributed by atoms with Crippen molar-refractivity contribution in [3.63, 3.8) is 0 Å². The van der Waals surface area contributed by atoms with E-state index in [-0.39, 0.29) is 12.6 Å². The second-order valence-electron chi connectivity index (χ2n) is 4.46. The highest BCUT2D eigenvalue weighted by atomic mass is 16.5.